The minimum atomic E-state index is -2.21. The molecule has 2 aromatic heterocycles. The van der Waals surface area contributed by atoms with Gasteiger partial charge in [-0.2, -0.15) is 0 Å². The molecule has 0 fully saturated rings. The predicted octanol–water partition coefficient (Wildman–Crippen LogP) is 0.118. The van der Waals surface area contributed by atoms with Crippen molar-refractivity contribution in [3.63, 3.8) is 0 Å². The van der Waals surface area contributed by atoms with Crippen LogP contribution >= 0.6 is 11.3 Å². The number of likely N-dealkylation sites (N-methyl/N-ethyl adjacent to an activating group) is 1. The molecule has 1 aliphatic rings. The lowest BCUT2D eigenvalue weighted by atomic mass is 9.94. The lowest BCUT2D eigenvalue weighted by molar-refractivity contribution is -0.141. The number of amides is 7. The lowest BCUT2D eigenvalue weighted by Gasteiger charge is -2.29. The Labute approximate surface area is 320 Å². The number of hydrogen-bond acceptors (Lipinski definition) is 11. The summed E-state index contributed by atoms with van der Waals surface area (Å²) in [5, 5.41) is 17.6. The van der Waals surface area contributed by atoms with Crippen LogP contribution in [-0.4, -0.2) is 107 Å². The maximum absolute atomic E-state index is 14.1. The van der Waals surface area contributed by atoms with Crippen LogP contribution in [0.15, 0.2) is 41.5 Å². The van der Waals surface area contributed by atoms with Gasteiger partial charge in [-0.1, -0.05) is 19.1 Å². The van der Waals surface area contributed by atoms with E-state index in [1.165, 1.54) is 32.5 Å². The number of rotatable bonds is 5. The van der Waals surface area contributed by atoms with Gasteiger partial charge in [0.05, 0.1) is 26.2 Å². The second kappa shape index (κ2) is 17.8. The van der Waals surface area contributed by atoms with Crippen LogP contribution < -0.4 is 36.6 Å². The van der Waals surface area contributed by atoms with Gasteiger partial charge in [0.15, 0.2) is 11.3 Å². The molecule has 3 heterocycles. The van der Waals surface area contributed by atoms with E-state index >= 15 is 0 Å². The van der Waals surface area contributed by atoms with Gasteiger partial charge in [-0.3, -0.25) is 38.4 Å². The number of benzene rings is 1. The van der Waals surface area contributed by atoms with E-state index in [0.29, 0.717) is 27.2 Å². The van der Waals surface area contributed by atoms with Crippen molar-refractivity contribution in [2.75, 3.05) is 27.2 Å². The third kappa shape index (κ3) is 9.71. The smallest absolute Gasteiger partial charge is 0.271 e. The first-order valence-electron chi connectivity index (χ1n) is 17.3. The van der Waals surface area contributed by atoms with Crippen LogP contribution in [0.1, 0.15) is 68.1 Å². The molecule has 3 aromatic rings. The molecule has 0 saturated heterocycles. The highest BCUT2D eigenvalue weighted by molar-refractivity contribution is 7.09. The van der Waals surface area contributed by atoms with E-state index in [0.717, 1.165) is 30.1 Å². The quantitative estimate of drug-likeness (QED) is 0.136. The number of ether oxygens (including phenoxy) is 1. The minimum Gasteiger partial charge on any atom is -0.496 e. The van der Waals surface area contributed by atoms with Gasteiger partial charge in [0, 0.05) is 35.9 Å². The number of carbonyl (C=O) groups excluding carboxylic acids is 8. The van der Waals surface area contributed by atoms with Crippen LogP contribution in [0.5, 0.6) is 5.75 Å². The maximum Gasteiger partial charge on any atom is 0.271 e. The summed E-state index contributed by atoms with van der Waals surface area (Å²) < 4.78 is 5.53. The van der Waals surface area contributed by atoms with Crippen LogP contribution in [0.25, 0.3) is 10.9 Å². The second-order valence-corrected chi connectivity index (χ2v) is 13.9. The Bertz CT molecular complexity index is 2040. The van der Waals surface area contributed by atoms with Crippen molar-refractivity contribution in [2.45, 2.75) is 71.1 Å². The van der Waals surface area contributed by atoms with Gasteiger partial charge in [-0.25, -0.2) is 4.98 Å². The molecular weight excluding hydrogens is 735 g/mol. The topological polar surface area (TPSA) is 250 Å². The van der Waals surface area contributed by atoms with E-state index in [-0.39, 0.29) is 24.2 Å². The van der Waals surface area contributed by atoms with E-state index in [4.69, 9.17) is 4.74 Å². The minimum absolute atomic E-state index is 0.0749. The lowest BCUT2D eigenvalue weighted by Crippen LogP contribution is -2.65. The van der Waals surface area contributed by atoms with Crippen molar-refractivity contribution < 1.29 is 43.1 Å². The molecule has 1 aromatic carbocycles. The number of nitrogens with one attached hydrogen (secondary N) is 7. The van der Waals surface area contributed by atoms with Crippen molar-refractivity contribution in [3.05, 3.63) is 57.8 Å². The van der Waals surface area contributed by atoms with Gasteiger partial charge in [0.1, 0.15) is 34.2 Å². The number of fused-ring (bicyclic) bond motifs is 3. The molecule has 55 heavy (non-hydrogen) atoms. The fourth-order valence-electron chi connectivity index (χ4n) is 5.69. The highest BCUT2D eigenvalue weighted by Gasteiger charge is 2.42. The number of methoxy groups -OCH3 is 1. The number of Topliss-reactive ketones (excluding diaryl/α,β-unsaturated/α-hetero) is 1. The number of ketones is 1. The fourth-order valence-corrected chi connectivity index (χ4v) is 6.49. The van der Waals surface area contributed by atoms with Crippen LogP contribution in [0, 0.1) is 0 Å². The first kappa shape index (κ1) is 41.6. The van der Waals surface area contributed by atoms with E-state index in [1.807, 2.05) is 0 Å². The monoisotopic (exact) mass is 779 g/mol. The average Bonchev–Trinajstić information content (AvgIpc) is 3.82. The molecule has 18 nitrogen and oxygen atoms in total. The third-order valence-electron chi connectivity index (χ3n) is 9.02. The Hall–Kier alpha value is -6.11. The van der Waals surface area contributed by atoms with Gasteiger partial charge >= 0.3 is 0 Å². The third-order valence-corrected chi connectivity index (χ3v) is 10.1. The summed E-state index contributed by atoms with van der Waals surface area (Å²) in [4.78, 5) is 115. The zero-order valence-corrected chi connectivity index (χ0v) is 32.3. The molecule has 0 unspecified atom stereocenters. The molecule has 0 saturated carbocycles. The van der Waals surface area contributed by atoms with Gasteiger partial charge < -0.3 is 46.5 Å². The summed E-state index contributed by atoms with van der Waals surface area (Å²) in [6, 6.07) is 2.09. The number of aromatic amines is 1. The molecule has 0 spiro atoms. The standard InChI is InChI=1S/C36H45N9O9S/c1-8-21-30(49)41-22(9-2)34(52)45(6)16-28(48)39-18(3)33-43-25(17-55-33)31(50)42-24(13-20-14-37-23-11-10-12-26(54-7)29(20)23)32(51)44-36(5,19(4)46)35(53)38-15-27(47)40-21/h9-12,14,17-18,21,24,37H,8,13,15-16H2,1-7H3,(H,38,53)(H,39,48)(H,40,47)(H,41,49)(H,42,50)(H,44,51)/b22-9-/t18-,21-,24+,36+/m1/s1. The Morgan fingerprint density at radius 1 is 1.05 bits per heavy atom. The average molecular weight is 780 g/mol. The molecule has 294 valence electrons. The van der Waals surface area contributed by atoms with Crippen LogP contribution in [0.4, 0.5) is 0 Å². The molecule has 7 amide bonds. The Morgan fingerprint density at radius 3 is 2.44 bits per heavy atom. The molecule has 0 aliphatic carbocycles. The summed E-state index contributed by atoms with van der Waals surface area (Å²) in [5.41, 5.74) is -1.16. The first-order valence-corrected chi connectivity index (χ1v) is 18.2. The molecule has 2 bridgehead atoms. The second-order valence-electron chi connectivity index (χ2n) is 13.0. The summed E-state index contributed by atoms with van der Waals surface area (Å²) >= 11 is 1.07. The first-order chi connectivity index (χ1) is 26.0. The number of hydrogen-bond donors (Lipinski definition) is 7. The van der Waals surface area contributed by atoms with Gasteiger partial charge in [-0.15, -0.1) is 11.3 Å². The highest BCUT2D eigenvalue weighted by atomic mass is 32.1. The highest BCUT2D eigenvalue weighted by Crippen LogP contribution is 2.29. The number of H-pyrrole nitrogens is 1. The molecule has 19 heteroatoms. The van der Waals surface area contributed by atoms with Crippen molar-refractivity contribution >= 4 is 69.4 Å². The number of carbonyl (C=O) groups is 8. The zero-order chi connectivity index (χ0) is 40.6. The van der Waals surface area contributed by atoms with Crippen molar-refractivity contribution in [1.82, 2.24) is 46.8 Å². The SMILES string of the molecule is C/C=C1\NC(=O)[C@@H](CC)NC(=O)CNC(=O)[C@](C)(C(C)=O)NC(=O)[C@H](Cc2c[nH]c3cccc(OC)c23)NC(=O)c2csc(n2)[C@@H](C)NC(=O)CN(C)C1=O. The maximum atomic E-state index is 14.1. The molecule has 7 N–H and O–H groups in total. The van der Waals surface area contributed by atoms with Gasteiger partial charge in [-0.05, 0) is 51.8 Å². The van der Waals surface area contributed by atoms with Crippen LogP contribution in [0.3, 0.4) is 0 Å². The zero-order valence-electron chi connectivity index (χ0n) is 31.5. The van der Waals surface area contributed by atoms with E-state index in [2.05, 4.69) is 41.9 Å². The molecule has 4 atom stereocenters. The number of allylic oxidation sites excluding steroid dienone is 1. The molecule has 4 rings (SSSR count). The Morgan fingerprint density at radius 2 is 1.78 bits per heavy atom. The van der Waals surface area contributed by atoms with E-state index in [9.17, 15) is 38.4 Å². The predicted molar refractivity (Wildman–Crippen MR) is 200 cm³/mol. The summed E-state index contributed by atoms with van der Waals surface area (Å²) in [5.74, 6) is -5.74. The normalized spacial score (nSPS) is 23.5. The molecule has 0 radical (unpaired) electrons. The summed E-state index contributed by atoms with van der Waals surface area (Å²) in [6.07, 6.45) is 2.97. The Balaban J connectivity index is 1.71. The van der Waals surface area contributed by atoms with E-state index in [1.54, 1.807) is 38.2 Å². The number of nitrogens with zero attached hydrogens (tertiary/aromatic N) is 2. The van der Waals surface area contributed by atoms with Crippen molar-refractivity contribution in [2.24, 2.45) is 0 Å². The number of aromatic nitrogens is 2. The van der Waals surface area contributed by atoms with Crippen molar-refractivity contribution in [3.8, 4) is 5.75 Å². The van der Waals surface area contributed by atoms with Gasteiger partial charge in [0.25, 0.3) is 17.7 Å². The molecule has 1 aliphatic heterocycles. The van der Waals surface area contributed by atoms with Gasteiger partial charge in [0.2, 0.25) is 23.6 Å². The number of thiazole rings is 1. The van der Waals surface area contributed by atoms with E-state index < -0.39 is 83.9 Å². The fraction of sp³-hybridized carbons (Fsp3) is 0.417. The largest absolute Gasteiger partial charge is 0.496 e. The summed E-state index contributed by atoms with van der Waals surface area (Å²) in [6.45, 7) is 5.92. The van der Waals surface area contributed by atoms with Crippen LogP contribution in [0.2, 0.25) is 0 Å². The molecular formula is C36H45N9O9S. The summed E-state index contributed by atoms with van der Waals surface area (Å²) in [7, 11) is 2.86. The van der Waals surface area contributed by atoms with Crippen LogP contribution in [-0.2, 0) is 40.0 Å². The van der Waals surface area contributed by atoms with Crippen molar-refractivity contribution in [1.29, 1.82) is 0 Å². The Kier molecular flexibility index (Phi) is 13.5.